The van der Waals surface area contributed by atoms with Gasteiger partial charge in [0.05, 0.1) is 0 Å². The van der Waals surface area contributed by atoms with Crippen molar-refractivity contribution in [1.29, 1.82) is 0 Å². The maximum Gasteiger partial charge on any atom is 0.321 e. The molecular formula is C22H24ClN5O2. The number of rotatable bonds is 4. The van der Waals surface area contributed by atoms with E-state index in [1.165, 1.54) is 0 Å². The van der Waals surface area contributed by atoms with Gasteiger partial charge in [0, 0.05) is 54.1 Å². The highest BCUT2D eigenvalue weighted by Gasteiger charge is 2.21. The van der Waals surface area contributed by atoms with E-state index in [1.807, 2.05) is 43.0 Å². The van der Waals surface area contributed by atoms with Crippen molar-refractivity contribution in [2.24, 2.45) is 0 Å². The van der Waals surface area contributed by atoms with Gasteiger partial charge in [0.15, 0.2) is 0 Å². The fraction of sp³-hybridized carbons (Fsp3) is 0.318. The summed E-state index contributed by atoms with van der Waals surface area (Å²) in [7, 11) is 0. The van der Waals surface area contributed by atoms with Crippen LogP contribution in [0.1, 0.15) is 25.7 Å². The Morgan fingerprint density at radius 2 is 1.83 bits per heavy atom. The van der Waals surface area contributed by atoms with Crippen LogP contribution in [-0.4, -0.2) is 47.3 Å². The Bertz CT molecular complexity index is 1010. The molecule has 1 aliphatic rings. The Morgan fingerprint density at radius 3 is 2.47 bits per heavy atom. The van der Waals surface area contributed by atoms with Gasteiger partial charge in [-0.15, -0.1) is 0 Å². The summed E-state index contributed by atoms with van der Waals surface area (Å²) in [5.74, 6) is 1.45. The van der Waals surface area contributed by atoms with Crippen LogP contribution in [0.4, 0.5) is 16.2 Å². The van der Waals surface area contributed by atoms with Crippen molar-refractivity contribution in [2.75, 3.05) is 36.4 Å². The lowest BCUT2D eigenvalue weighted by atomic mass is 10.1. The van der Waals surface area contributed by atoms with E-state index in [4.69, 9.17) is 16.1 Å². The molecule has 0 unspecified atom stereocenters. The molecule has 156 valence electrons. The van der Waals surface area contributed by atoms with Crippen molar-refractivity contribution in [1.82, 2.24) is 15.0 Å². The molecule has 7 nitrogen and oxygen atoms in total. The minimum atomic E-state index is -0.106. The maximum absolute atomic E-state index is 12.5. The minimum absolute atomic E-state index is 0.106. The summed E-state index contributed by atoms with van der Waals surface area (Å²) in [6, 6.07) is 15.2. The van der Waals surface area contributed by atoms with Crippen LogP contribution in [-0.2, 0) is 0 Å². The number of halogens is 1. The average Bonchev–Trinajstić information content (AvgIpc) is 3.25. The Kier molecular flexibility index (Phi) is 5.90. The number of urea groups is 1. The maximum atomic E-state index is 12.5. The number of carbonyl (C=O) groups excluding carboxylic acids is 1. The van der Waals surface area contributed by atoms with E-state index in [-0.39, 0.29) is 11.9 Å². The lowest BCUT2D eigenvalue weighted by Crippen LogP contribution is -2.50. The quantitative estimate of drug-likeness (QED) is 0.645. The fourth-order valence-electron chi connectivity index (χ4n) is 3.34. The van der Waals surface area contributed by atoms with Crippen LogP contribution < -0.4 is 10.2 Å². The number of anilines is 2. The number of piperazine rings is 1. The molecular weight excluding hydrogens is 402 g/mol. The number of hydrogen-bond acceptors (Lipinski definition) is 5. The van der Waals surface area contributed by atoms with E-state index in [2.05, 4.69) is 32.5 Å². The Hall–Kier alpha value is -3.06. The second-order valence-electron chi connectivity index (χ2n) is 7.57. The molecule has 1 aliphatic heterocycles. The molecule has 1 saturated heterocycles. The third kappa shape index (κ3) is 4.57. The molecule has 0 bridgehead atoms. The van der Waals surface area contributed by atoms with Gasteiger partial charge in [-0.05, 0) is 42.5 Å². The van der Waals surface area contributed by atoms with Crippen molar-refractivity contribution in [3.8, 4) is 11.4 Å². The number of carbonyl (C=O) groups is 1. The number of hydrogen-bond donors (Lipinski definition) is 1. The zero-order valence-corrected chi connectivity index (χ0v) is 17.8. The topological polar surface area (TPSA) is 74.5 Å². The Balaban J connectivity index is 1.34. The highest BCUT2D eigenvalue weighted by Crippen LogP contribution is 2.24. The second kappa shape index (κ2) is 8.75. The first-order valence-electron chi connectivity index (χ1n) is 10.00. The van der Waals surface area contributed by atoms with Crippen molar-refractivity contribution in [2.45, 2.75) is 19.8 Å². The Morgan fingerprint density at radius 1 is 1.10 bits per heavy atom. The molecule has 30 heavy (non-hydrogen) atoms. The third-order valence-electron chi connectivity index (χ3n) is 5.07. The fourth-order valence-corrected chi connectivity index (χ4v) is 3.54. The minimum Gasteiger partial charge on any atom is -0.368 e. The summed E-state index contributed by atoms with van der Waals surface area (Å²) >= 11 is 5.98. The smallest absolute Gasteiger partial charge is 0.321 e. The summed E-state index contributed by atoms with van der Waals surface area (Å²) in [5, 5.41) is 7.56. The van der Waals surface area contributed by atoms with Crippen LogP contribution in [0.3, 0.4) is 0 Å². The van der Waals surface area contributed by atoms with Gasteiger partial charge < -0.3 is 19.6 Å². The average molecular weight is 426 g/mol. The predicted octanol–water partition coefficient (Wildman–Crippen LogP) is 4.87. The largest absolute Gasteiger partial charge is 0.368 e. The molecule has 0 aliphatic carbocycles. The second-order valence-corrected chi connectivity index (χ2v) is 8.01. The van der Waals surface area contributed by atoms with E-state index >= 15 is 0 Å². The van der Waals surface area contributed by atoms with Gasteiger partial charge in [0.25, 0.3) is 0 Å². The zero-order valence-electron chi connectivity index (χ0n) is 17.0. The Labute approximate surface area is 180 Å². The van der Waals surface area contributed by atoms with Crippen molar-refractivity contribution in [3.05, 3.63) is 59.4 Å². The molecule has 0 spiro atoms. The van der Waals surface area contributed by atoms with E-state index in [0.717, 1.165) is 24.3 Å². The number of nitrogens with one attached hydrogen (secondary N) is 1. The van der Waals surface area contributed by atoms with Crippen LogP contribution in [0, 0.1) is 0 Å². The lowest BCUT2D eigenvalue weighted by Gasteiger charge is -2.36. The molecule has 1 fully saturated rings. The highest BCUT2D eigenvalue weighted by molar-refractivity contribution is 6.30. The zero-order chi connectivity index (χ0) is 21.1. The van der Waals surface area contributed by atoms with Crippen LogP contribution in [0.25, 0.3) is 11.4 Å². The first-order valence-corrected chi connectivity index (χ1v) is 10.4. The van der Waals surface area contributed by atoms with Crippen LogP contribution in [0.15, 0.2) is 53.1 Å². The molecule has 0 atom stereocenters. The van der Waals surface area contributed by atoms with Crippen LogP contribution in [0.2, 0.25) is 5.02 Å². The molecule has 1 aromatic heterocycles. The summed E-state index contributed by atoms with van der Waals surface area (Å²) in [6.07, 6.45) is 0. The van der Waals surface area contributed by atoms with E-state index in [9.17, 15) is 4.79 Å². The van der Waals surface area contributed by atoms with Crippen LogP contribution in [0.5, 0.6) is 0 Å². The summed E-state index contributed by atoms with van der Waals surface area (Å²) < 4.78 is 5.29. The van der Waals surface area contributed by atoms with Crippen molar-refractivity contribution >= 4 is 29.0 Å². The molecule has 0 radical (unpaired) electrons. The van der Waals surface area contributed by atoms with Gasteiger partial charge in [0.1, 0.15) is 0 Å². The monoisotopic (exact) mass is 425 g/mol. The predicted molar refractivity (Wildman–Crippen MR) is 118 cm³/mol. The molecule has 4 rings (SSSR count). The third-order valence-corrected chi connectivity index (χ3v) is 5.30. The lowest BCUT2D eigenvalue weighted by molar-refractivity contribution is 0.208. The van der Waals surface area contributed by atoms with Gasteiger partial charge in [-0.2, -0.15) is 4.98 Å². The van der Waals surface area contributed by atoms with Gasteiger partial charge in [0.2, 0.25) is 11.7 Å². The van der Waals surface area contributed by atoms with E-state index in [1.54, 1.807) is 12.1 Å². The van der Waals surface area contributed by atoms with Crippen molar-refractivity contribution in [3.63, 3.8) is 0 Å². The van der Waals surface area contributed by atoms with Gasteiger partial charge in [-0.25, -0.2) is 4.79 Å². The van der Waals surface area contributed by atoms with E-state index in [0.29, 0.717) is 35.5 Å². The normalized spacial score (nSPS) is 14.3. The number of amides is 2. The van der Waals surface area contributed by atoms with Crippen molar-refractivity contribution < 1.29 is 9.32 Å². The molecule has 1 N–H and O–H groups in total. The molecule has 2 heterocycles. The molecule has 2 amide bonds. The summed E-state index contributed by atoms with van der Waals surface area (Å²) in [4.78, 5) is 21.0. The van der Waals surface area contributed by atoms with Gasteiger partial charge >= 0.3 is 6.03 Å². The first-order chi connectivity index (χ1) is 14.5. The van der Waals surface area contributed by atoms with Gasteiger partial charge in [-0.1, -0.05) is 36.7 Å². The van der Waals surface area contributed by atoms with E-state index < -0.39 is 0 Å². The SMILES string of the molecule is CC(C)c1nc(-c2ccc(N3CCN(C(=O)Nc4cccc(Cl)c4)CC3)cc2)no1. The summed E-state index contributed by atoms with van der Waals surface area (Å²) in [5.41, 5.74) is 2.74. The summed E-state index contributed by atoms with van der Waals surface area (Å²) in [6.45, 7) is 6.88. The standard InChI is InChI=1S/C22H24ClN5O2/c1-15(2)21-25-20(26-30-21)16-6-8-19(9-7-16)27-10-12-28(13-11-27)22(29)24-18-5-3-4-17(23)14-18/h3-9,14-15H,10-13H2,1-2H3,(H,24,29). The molecule has 2 aromatic carbocycles. The van der Waals surface area contributed by atoms with Gasteiger partial charge in [-0.3, -0.25) is 0 Å². The molecule has 8 heteroatoms. The first kappa shape index (κ1) is 20.2. The molecule has 3 aromatic rings. The van der Waals surface area contributed by atoms with Crippen LogP contribution >= 0.6 is 11.6 Å². The molecule has 0 saturated carbocycles. The highest BCUT2D eigenvalue weighted by atomic mass is 35.5. The number of benzene rings is 2. The number of nitrogens with zero attached hydrogens (tertiary/aromatic N) is 4. The number of aromatic nitrogens is 2.